The third-order valence-corrected chi connectivity index (χ3v) is 3.97. The zero-order valence-corrected chi connectivity index (χ0v) is 16.5. The van der Waals surface area contributed by atoms with Gasteiger partial charge in [0.15, 0.2) is 0 Å². The fourth-order valence-electron chi connectivity index (χ4n) is 1.89. The molecular weight excluding hydrogens is 439 g/mol. The molecule has 4 nitrogen and oxygen atoms in total. The quantitative estimate of drug-likeness (QED) is 0.449. The first-order chi connectivity index (χ1) is 11.1. The molecule has 1 aromatic heterocycles. The Bertz CT molecular complexity index is 740. The summed E-state index contributed by atoms with van der Waals surface area (Å²) in [7, 11) is 1.44. The van der Waals surface area contributed by atoms with E-state index in [0.29, 0.717) is 0 Å². The summed E-state index contributed by atoms with van der Waals surface area (Å²) >= 11 is 35.9. The number of benzene rings is 1. The summed E-state index contributed by atoms with van der Waals surface area (Å²) in [5, 5.41) is 11.2. The summed E-state index contributed by atoms with van der Waals surface area (Å²) in [5.41, 5.74) is 0.774. The van der Waals surface area contributed by atoms with Gasteiger partial charge < -0.3 is 4.74 Å². The van der Waals surface area contributed by atoms with Crippen LogP contribution in [0.3, 0.4) is 0 Å². The molecule has 24 heavy (non-hydrogen) atoms. The smallest absolute Gasteiger partial charge is 0.234 e. The zero-order chi connectivity index (χ0) is 18.0. The first kappa shape index (κ1) is 19.8. The molecule has 0 unspecified atom stereocenters. The van der Waals surface area contributed by atoms with E-state index in [1.54, 1.807) is 6.08 Å². The molecule has 0 fully saturated rings. The van der Waals surface area contributed by atoms with Gasteiger partial charge in [0, 0.05) is 0 Å². The minimum absolute atomic E-state index is 0.0217. The molecule has 0 saturated heterocycles. The molecule has 0 spiro atoms. The van der Waals surface area contributed by atoms with Crippen molar-refractivity contribution in [3.8, 4) is 0 Å². The molecular formula is C14H9Cl6N3O. The Labute approximate surface area is 168 Å². The van der Waals surface area contributed by atoms with Gasteiger partial charge in [0.2, 0.25) is 7.59 Å². The van der Waals surface area contributed by atoms with Gasteiger partial charge >= 0.3 is 0 Å². The molecule has 2 rings (SSSR count). The van der Waals surface area contributed by atoms with Crippen molar-refractivity contribution < 1.29 is 4.74 Å². The lowest BCUT2D eigenvalue weighted by Crippen LogP contribution is -2.20. The lowest BCUT2D eigenvalue weighted by Gasteiger charge is -2.22. The molecule has 0 bridgehead atoms. The molecule has 128 valence electrons. The van der Waals surface area contributed by atoms with Crippen LogP contribution >= 0.6 is 69.6 Å². The largest absolute Gasteiger partial charge is 0.494 e. The summed E-state index contributed by atoms with van der Waals surface area (Å²) in [6.07, 6.45) is 1.69. The van der Waals surface area contributed by atoms with Crippen LogP contribution in [0.2, 0.25) is 0 Å². The number of alkyl halides is 6. The van der Waals surface area contributed by atoms with Crippen molar-refractivity contribution in [2.24, 2.45) is 0 Å². The highest BCUT2D eigenvalue weighted by Gasteiger charge is 2.40. The second kappa shape index (κ2) is 7.81. The number of hydrogen-bond donors (Lipinski definition) is 0. The molecule has 0 amide bonds. The highest BCUT2D eigenvalue weighted by Crippen LogP contribution is 2.48. The Kier molecular flexibility index (Phi) is 6.46. The van der Waals surface area contributed by atoms with Crippen LogP contribution in [0.5, 0.6) is 0 Å². The van der Waals surface area contributed by atoms with Gasteiger partial charge in [-0.15, -0.1) is 10.2 Å². The van der Waals surface area contributed by atoms with Gasteiger partial charge in [0.1, 0.15) is 17.1 Å². The number of rotatable bonds is 3. The number of halogens is 6. The molecule has 0 N–H and O–H groups in total. The number of ether oxygens (including phenoxy) is 1. The molecule has 0 saturated carbocycles. The third kappa shape index (κ3) is 4.78. The van der Waals surface area contributed by atoms with Gasteiger partial charge in [-0.25, -0.2) is 0 Å². The standard InChI is InChI=1S/C14H9Cl6N3O/c1-24-9(7-8-5-3-2-4-6-8)11-10(13(15,16)17)12(14(18,19)20)22-23-21-11/h2-7H,1H3. The molecule has 1 heterocycles. The minimum Gasteiger partial charge on any atom is -0.494 e. The summed E-state index contributed by atoms with van der Waals surface area (Å²) in [6, 6.07) is 9.32. The Balaban J connectivity index is 2.71. The van der Waals surface area contributed by atoms with Gasteiger partial charge in [-0.1, -0.05) is 99.9 Å². The van der Waals surface area contributed by atoms with E-state index in [4.69, 9.17) is 74.3 Å². The minimum atomic E-state index is -1.97. The molecule has 1 aromatic carbocycles. The van der Waals surface area contributed by atoms with E-state index in [9.17, 15) is 0 Å². The van der Waals surface area contributed by atoms with Crippen LogP contribution in [0.1, 0.15) is 22.5 Å². The highest BCUT2D eigenvalue weighted by molar-refractivity contribution is 6.69. The van der Waals surface area contributed by atoms with Crippen molar-refractivity contribution >= 4 is 81.4 Å². The van der Waals surface area contributed by atoms with Gasteiger partial charge in [0.05, 0.1) is 12.7 Å². The van der Waals surface area contributed by atoms with Crippen molar-refractivity contribution in [1.82, 2.24) is 15.4 Å². The lowest BCUT2D eigenvalue weighted by molar-refractivity contribution is 0.369. The number of hydrogen-bond acceptors (Lipinski definition) is 4. The van der Waals surface area contributed by atoms with E-state index in [-0.39, 0.29) is 22.7 Å². The maximum atomic E-state index is 6.04. The van der Waals surface area contributed by atoms with Crippen LogP contribution in [0.4, 0.5) is 0 Å². The van der Waals surface area contributed by atoms with E-state index < -0.39 is 7.59 Å². The van der Waals surface area contributed by atoms with E-state index in [2.05, 4.69) is 15.4 Å². The number of methoxy groups -OCH3 is 1. The fourth-order valence-corrected chi connectivity index (χ4v) is 2.82. The van der Waals surface area contributed by atoms with Gasteiger partial charge in [-0.05, 0) is 16.9 Å². The Morgan fingerprint density at radius 1 is 0.958 bits per heavy atom. The maximum absolute atomic E-state index is 6.04. The Morgan fingerprint density at radius 2 is 1.58 bits per heavy atom. The molecule has 0 atom stereocenters. The topological polar surface area (TPSA) is 47.9 Å². The monoisotopic (exact) mass is 445 g/mol. The predicted octanol–water partition coefficient (Wildman–Crippen LogP) is 5.67. The molecule has 10 heteroatoms. The lowest BCUT2D eigenvalue weighted by atomic mass is 10.1. The Hall–Kier alpha value is -0.490. The molecule has 0 aliphatic heterocycles. The van der Waals surface area contributed by atoms with Crippen LogP contribution in [0.25, 0.3) is 11.8 Å². The van der Waals surface area contributed by atoms with Crippen molar-refractivity contribution in [2.75, 3.05) is 7.11 Å². The summed E-state index contributed by atoms with van der Waals surface area (Å²) in [5.74, 6) is 0.271. The maximum Gasteiger partial charge on any atom is 0.234 e. The average Bonchev–Trinajstić information content (AvgIpc) is 2.51. The summed E-state index contributed by atoms with van der Waals surface area (Å²) in [6.45, 7) is 0. The number of nitrogens with zero attached hydrogens (tertiary/aromatic N) is 3. The van der Waals surface area contributed by atoms with E-state index in [1.165, 1.54) is 7.11 Å². The second-order valence-corrected chi connectivity index (χ2v) is 9.04. The third-order valence-electron chi connectivity index (χ3n) is 2.87. The Morgan fingerprint density at radius 3 is 2.08 bits per heavy atom. The van der Waals surface area contributed by atoms with Crippen LogP contribution < -0.4 is 0 Å². The van der Waals surface area contributed by atoms with Crippen LogP contribution in [-0.4, -0.2) is 22.5 Å². The SMILES string of the molecule is COC(=Cc1ccccc1)c1nnnc(C(Cl)(Cl)Cl)c1C(Cl)(Cl)Cl. The van der Waals surface area contributed by atoms with Gasteiger partial charge in [-0.3, -0.25) is 0 Å². The van der Waals surface area contributed by atoms with Crippen molar-refractivity contribution in [1.29, 1.82) is 0 Å². The van der Waals surface area contributed by atoms with Crippen LogP contribution in [0.15, 0.2) is 30.3 Å². The van der Waals surface area contributed by atoms with E-state index in [0.717, 1.165) is 5.56 Å². The second-order valence-electron chi connectivity index (χ2n) is 4.48. The highest BCUT2D eigenvalue weighted by atomic mass is 35.6. The first-order valence-corrected chi connectivity index (χ1v) is 8.60. The van der Waals surface area contributed by atoms with Crippen molar-refractivity contribution in [3.63, 3.8) is 0 Å². The molecule has 0 aliphatic rings. The average molecular weight is 448 g/mol. The fraction of sp³-hybridized carbons (Fsp3) is 0.214. The molecule has 2 aromatic rings. The molecule has 0 aliphatic carbocycles. The van der Waals surface area contributed by atoms with Crippen molar-refractivity contribution in [3.05, 3.63) is 52.8 Å². The zero-order valence-electron chi connectivity index (χ0n) is 12.0. The van der Waals surface area contributed by atoms with Crippen LogP contribution in [-0.2, 0) is 12.3 Å². The van der Waals surface area contributed by atoms with E-state index >= 15 is 0 Å². The van der Waals surface area contributed by atoms with Crippen LogP contribution in [0, 0.1) is 0 Å². The summed E-state index contributed by atoms with van der Waals surface area (Å²) < 4.78 is 1.44. The number of aromatic nitrogens is 3. The molecule has 0 radical (unpaired) electrons. The normalized spacial score (nSPS) is 13.0. The van der Waals surface area contributed by atoms with Crippen molar-refractivity contribution in [2.45, 2.75) is 7.59 Å². The summed E-state index contributed by atoms with van der Waals surface area (Å²) in [4.78, 5) is 0. The van der Waals surface area contributed by atoms with Gasteiger partial charge in [-0.2, -0.15) is 0 Å². The first-order valence-electron chi connectivity index (χ1n) is 6.33. The van der Waals surface area contributed by atoms with Gasteiger partial charge in [0.25, 0.3) is 0 Å². The predicted molar refractivity (Wildman–Crippen MR) is 99.6 cm³/mol. The van der Waals surface area contributed by atoms with E-state index in [1.807, 2.05) is 30.3 Å².